The van der Waals surface area contributed by atoms with Crippen LogP contribution in [0.15, 0.2) is 47.4 Å². The summed E-state index contributed by atoms with van der Waals surface area (Å²) in [5.41, 5.74) is 3.90. The summed E-state index contributed by atoms with van der Waals surface area (Å²) in [6.45, 7) is 0.292. The van der Waals surface area contributed by atoms with Gasteiger partial charge in [-0.2, -0.15) is 0 Å². The van der Waals surface area contributed by atoms with Gasteiger partial charge in [0.1, 0.15) is 10.7 Å². The van der Waals surface area contributed by atoms with Crippen LogP contribution in [0.5, 0.6) is 0 Å². The van der Waals surface area contributed by atoms with E-state index in [1.165, 1.54) is 22.5 Å². The Kier molecular flexibility index (Phi) is 3.30. The van der Waals surface area contributed by atoms with Crippen LogP contribution in [0.25, 0.3) is 0 Å². The van der Waals surface area contributed by atoms with Crippen molar-refractivity contribution < 1.29 is 12.8 Å². The van der Waals surface area contributed by atoms with Crippen LogP contribution >= 0.6 is 0 Å². The van der Waals surface area contributed by atoms with E-state index in [4.69, 9.17) is 5.84 Å². The molecule has 0 aromatic heterocycles. The van der Waals surface area contributed by atoms with E-state index in [0.717, 1.165) is 5.56 Å². The van der Waals surface area contributed by atoms with Gasteiger partial charge in [-0.15, -0.1) is 0 Å². The van der Waals surface area contributed by atoms with Crippen LogP contribution < -0.4 is 15.6 Å². The van der Waals surface area contributed by atoms with Crippen molar-refractivity contribution in [3.63, 3.8) is 0 Å². The zero-order chi connectivity index (χ0) is 15.0. The first-order valence-electron chi connectivity index (χ1n) is 6.41. The molecule has 0 saturated carbocycles. The fourth-order valence-electron chi connectivity index (χ4n) is 2.50. The van der Waals surface area contributed by atoms with Gasteiger partial charge in [0.2, 0.25) is 0 Å². The number of sulfonamides is 1. The molecule has 1 heterocycles. The van der Waals surface area contributed by atoms with E-state index < -0.39 is 15.8 Å². The molecule has 21 heavy (non-hydrogen) atoms. The summed E-state index contributed by atoms with van der Waals surface area (Å²) in [6.07, 6.45) is 0.563. The fourth-order valence-corrected chi connectivity index (χ4v) is 4.16. The van der Waals surface area contributed by atoms with Gasteiger partial charge in [-0.05, 0) is 36.2 Å². The van der Waals surface area contributed by atoms with E-state index in [9.17, 15) is 12.8 Å². The predicted molar refractivity (Wildman–Crippen MR) is 78.9 cm³/mol. The van der Waals surface area contributed by atoms with Crippen molar-refractivity contribution in [2.24, 2.45) is 5.84 Å². The number of benzene rings is 2. The van der Waals surface area contributed by atoms with E-state index in [0.29, 0.717) is 24.3 Å². The number of hydrogen-bond acceptors (Lipinski definition) is 4. The number of halogens is 1. The Balaban J connectivity index is 2.11. The number of rotatable bonds is 3. The Hall–Kier alpha value is -2.12. The Labute approximate surface area is 122 Å². The molecule has 0 atom stereocenters. The summed E-state index contributed by atoms with van der Waals surface area (Å²) in [5, 5.41) is 0. The van der Waals surface area contributed by atoms with Crippen molar-refractivity contribution in [3.8, 4) is 0 Å². The molecular formula is C14H14FN3O2S. The maximum Gasteiger partial charge on any atom is 0.266 e. The van der Waals surface area contributed by atoms with Gasteiger partial charge >= 0.3 is 0 Å². The molecule has 0 spiro atoms. The fraction of sp³-hybridized carbons (Fsp3) is 0.143. The van der Waals surface area contributed by atoms with Gasteiger partial charge in [-0.25, -0.2) is 12.8 Å². The number of hydrogen-bond donors (Lipinski definition) is 2. The van der Waals surface area contributed by atoms with E-state index in [2.05, 4.69) is 5.43 Å². The second kappa shape index (κ2) is 5.01. The normalized spacial score (nSPS) is 14.1. The van der Waals surface area contributed by atoms with Crippen molar-refractivity contribution in [2.75, 3.05) is 16.3 Å². The van der Waals surface area contributed by atoms with Crippen LogP contribution in [-0.4, -0.2) is 15.0 Å². The highest BCUT2D eigenvalue weighted by atomic mass is 32.2. The molecule has 1 aliphatic heterocycles. The molecule has 110 valence electrons. The van der Waals surface area contributed by atoms with Crippen LogP contribution in [0.3, 0.4) is 0 Å². The van der Waals surface area contributed by atoms with Gasteiger partial charge < -0.3 is 5.43 Å². The van der Waals surface area contributed by atoms with Crippen LogP contribution in [-0.2, 0) is 16.4 Å². The third-order valence-corrected chi connectivity index (χ3v) is 5.38. The Bertz CT molecular complexity index is 793. The maximum absolute atomic E-state index is 13.4. The predicted octanol–water partition coefficient (Wildman–Crippen LogP) is 1.86. The summed E-state index contributed by atoms with van der Waals surface area (Å²) in [7, 11) is -3.79. The van der Waals surface area contributed by atoms with Crippen LogP contribution in [0.1, 0.15) is 5.56 Å². The summed E-state index contributed by atoms with van der Waals surface area (Å²) in [6, 6.07) is 10.6. The van der Waals surface area contributed by atoms with E-state index >= 15 is 0 Å². The lowest BCUT2D eigenvalue weighted by Crippen LogP contribution is -2.30. The highest BCUT2D eigenvalue weighted by Gasteiger charge is 2.32. The third kappa shape index (κ3) is 2.24. The summed E-state index contributed by atoms with van der Waals surface area (Å²) in [4.78, 5) is 0.0737. The topological polar surface area (TPSA) is 75.4 Å². The standard InChI is InChI=1S/C14H14FN3O2S/c15-11-6-5-10-7-8-18(13(10)9-11)21(19,20)14-4-2-1-3-12(14)17-16/h1-6,9,17H,7-8,16H2. The van der Waals surface area contributed by atoms with E-state index in [1.54, 1.807) is 24.3 Å². The zero-order valence-corrected chi connectivity index (χ0v) is 11.9. The van der Waals surface area contributed by atoms with E-state index in [-0.39, 0.29) is 4.90 Å². The largest absolute Gasteiger partial charge is 0.323 e. The Morgan fingerprint density at radius 2 is 1.95 bits per heavy atom. The lowest BCUT2D eigenvalue weighted by molar-refractivity contribution is 0.592. The smallest absolute Gasteiger partial charge is 0.266 e. The minimum absolute atomic E-state index is 0.0737. The minimum Gasteiger partial charge on any atom is -0.323 e. The van der Waals surface area contributed by atoms with Gasteiger partial charge in [0, 0.05) is 6.54 Å². The Morgan fingerprint density at radius 3 is 2.71 bits per heavy atom. The van der Waals surface area contributed by atoms with Crippen LogP contribution in [0.4, 0.5) is 15.8 Å². The highest BCUT2D eigenvalue weighted by Crippen LogP contribution is 2.35. The molecular weight excluding hydrogens is 293 g/mol. The highest BCUT2D eigenvalue weighted by molar-refractivity contribution is 7.93. The SMILES string of the molecule is NNc1ccccc1S(=O)(=O)N1CCc2ccc(F)cc21. The Morgan fingerprint density at radius 1 is 1.19 bits per heavy atom. The second-order valence-corrected chi connectivity index (χ2v) is 6.57. The molecule has 0 saturated heterocycles. The first-order chi connectivity index (χ1) is 10.0. The van der Waals surface area contributed by atoms with Crippen LogP contribution in [0.2, 0.25) is 0 Å². The number of para-hydroxylation sites is 1. The van der Waals surface area contributed by atoms with Crippen molar-refractivity contribution in [1.82, 2.24) is 0 Å². The van der Waals surface area contributed by atoms with Crippen molar-refractivity contribution >= 4 is 21.4 Å². The van der Waals surface area contributed by atoms with Gasteiger partial charge in [-0.3, -0.25) is 10.1 Å². The molecule has 0 radical (unpaired) electrons. The van der Waals surface area contributed by atoms with Gasteiger partial charge in [0.05, 0.1) is 11.4 Å². The molecule has 7 heteroatoms. The molecule has 2 aromatic carbocycles. The average Bonchev–Trinajstić information content (AvgIpc) is 2.90. The monoisotopic (exact) mass is 307 g/mol. The van der Waals surface area contributed by atoms with Gasteiger partial charge in [0.15, 0.2) is 0 Å². The van der Waals surface area contributed by atoms with E-state index in [1.807, 2.05) is 0 Å². The minimum atomic E-state index is -3.79. The third-order valence-electron chi connectivity index (χ3n) is 3.51. The summed E-state index contributed by atoms with van der Waals surface area (Å²) >= 11 is 0. The number of anilines is 2. The molecule has 3 rings (SSSR count). The summed E-state index contributed by atoms with van der Waals surface area (Å²) < 4.78 is 40.2. The van der Waals surface area contributed by atoms with Crippen LogP contribution in [0, 0.1) is 5.82 Å². The van der Waals surface area contributed by atoms with Crippen molar-refractivity contribution in [2.45, 2.75) is 11.3 Å². The second-order valence-electron chi connectivity index (χ2n) is 4.74. The van der Waals surface area contributed by atoms with Crippen molar-refractivity contribution in [1.29, 1.82) is 0 Å². The average molecular weight is 307 g/mol. The quantitative estimate of drug-likeness (QED) is 0.670. The lowest BCUT2D eigenvalue weighted by atomic mass is 10.2. The molecule has 1 aliphatic rings. The first kappa shape index (κ1) is 13.8. The zero-order valence-electron chi connectivity index (χ0n) is 11.1. The molecule has 3 N–H and O–H groups in total. The summed E-state index contributed by atoms with van der Waals surface area (Å²) in [5.74, 6) is 4.91. The number of fused-ring (bicyclic) bond motifs is 1. The maximum atomic E-state index is 13.4. The molecule has 5 nitrogen and oxygen atoms in total. The molecule has 0 aliphatic carbocycles. The van der Waals surface area contributed by atoms with Crippen molar-refractivity contribution in [3.05, 3.63) is 53.8 Å². The molecule has 0 amide bonds. The number of nitrogens with one attached hydrogen (secondary N) is 1. The number of nitrogen functional groups attached to an aromatic ring is 1. The first-order valence-corrected chi connectivity index (χ1v) is 7.85. The molecule has 2 aromatic rings. The van der Waals surface area contributed by atoms with Gasteiger partial charge in [-0.1, -0.05) is 18.2 Å². The number of nitrogens with zero attached hydrogens (tertiary/aromatic N) is 1. The molecule has 0 bridgehead atoms. The number of hydrazine groups is 1. The lowest BCUT2D eigenvalue weighted by Gasteiger charge is -2.21. The molecule has 0 fully saturated rings. The number of nitrogens with two attached hydrogens (primary N) is 1. The molecule has 0 unspecified atom stereocenters. The van der Waals surface area contributed by atoms with Gasteiger partial charge in [0.25, 0.3) is 10.0 Å².